The number of ether oxygens (including phenoxy) is 1. The maximum Gasteiger partial charge on any atom is 0.251 e. The summed E-state index contributed by atoms with van der Waals surface area (Å²) in [5.74, 6) is 0.0131. The Balaban J connectivity index is 1.51. The number of fused-ring (bicyclic) bond motifs is 1. The van der Waals surface area contributed by atoms with Gasteiger partial charge in [0.25, 0.3) is 5.91 Å². The first-order valence-corrected chi connectivity index (χ1v) is 8.93. The molecule has 5 heteroatoms. The number of benzene rings is 1. The highest BCUT2D eigenvalue weighted by Gasteiger charge is 2.32. The summed E-state index contributed by atoms with van der Waals surface area (Å²) in [6, 6.07) is 12.9. The molecule has 1 fully saturated rings. The molecule has 1 N–H and O–H groups in total. The normalized spacial score (nSPS) is 21.5. The summed E-state index contributed by atoms with van der Waals surface area (Å²) >= 11 is 1.85. The van der Waals surface area contributed by atoms with Crippen LogP contribution in [0, 0.1) is 0 Å². The second kappa shape index (κ2) is 6.43. The third kappa shape index (κ3) is 3.32. The first kappa shape index (κ1) is 14.9. The first-order valence-electron chi connectivity index (χ1n) is 8.05. The predicted octanol–water partition coefficient (Wildman–Crippen LogP) is 2.36. The van der Waals surface area contributed by atoms with Crippen molar-refractivity contribution in [3.05, 3.63) is 57.8 Å². The Morgan fingerprint density at radius 2 is 2.17 bits per heavy atom. The van der Waals surface area contributed by atoms with E-state index in [4.69, 9.17) is 4.74 Å². The summed E-state index contributed by atoms with van der Waals surface area (Å²) in [6.45, 7) is 3.17. The second-order valence-electron chi connectivity index (χ2n) is 6.08. The van der Waals surface area contributed by atoms with Crippen LogP contribution in [0.15, 0.2) is 41.8 Å². The van der Waals surface area contributed by atoms with Gasteiger partial charge in [-0.2, -0.15) is 0 Å². The lowest BCUT2D eigenvalue weighted by Crippen LogP contribution is -2.41. The van der Waals surface area contributed by atoms with E-state index in [-0.39, 0.29) is 18.1 Å². The standard InChI is InChI=1S/C18H20N2O2S/c21-18(16-12-22-16)19-10-15(13-4-2-1-3-5-13)20-8-6-17-14(11-20)7-9-23-17/h1-5,7,9,15-16H,6,8,10-12H2,(H,19,21). The van der Waals surface area contributed by atoms with Crippen LogP contribution in [0.1, 0.15) is 22.0 Å². The summed E-state index contributed by atoms with van der Waals surface area (Å²) in [4.78, 5) is 15.9. The van der Waals surface area contributed by atoms with Crippen molar-refractivity contribution in [2.24, 2.45) is 0 Å². The maximum atomic E-state index is 11.9. The van der Waals surface area contributed by atoms with E-state index in [9.17, 15) is 4.79 Å². The molecule has 1 aromatic heterocycles. The number of rotatable bonds is 5. The molecule has 2 atom stereocenters. The Morgan fingerprint density at radius 3 is 2.96 bits per heavy atom. The summed E-state index contributed by atoms with van der Waals surface area (Å²) in [5, 5.41) is 5.23. The van der Waals surface area contributed by atoms with E-state index in [1.807, 2.05) is 17.4 Å². The molecule has 1 saturated heterocycles. The van der Waals surface area contributed by atoms with Gasteiger partial charge in [0.1, 0.15) is 0 Å². The van der Waals surface area contributed by atoms with Crippen molar-refractivity contribution in [2.45, 2.75) is 25.1 Å². The number of hydrogen-bond acceptors (Lipinski definition) is 4. The molecule has 1 amide bonds. The van der Waals surface area contributed by atoms with Gasteiger partial charge in [0.15, 0.2) is 6.10 Å². The zero-order chi connectivity index (χ0) is 15.6. The zero-order valence-electron chi connectivity index (χ0n) is 12.9. The molecule has 120 valence electrons. The molecular weight excluding hydrogens is 308 g/mol. The van der Waals surface area contributed by atoms with E-state index in [2.05, 4.69) is 45.9 Å². The minimum absolute atomic E-state index is 0.0131. The van der Waals surface area contributed by atoms with E-state index in [0.717, 1.165) is 19.5 Å². The molecule has 0 saturated carbocycles. The van der Waals surface area contributed by atoms with Crippen LogP contribution in [0.5, 0.6) is 0 Å². The molecule has 0 bridgehead atoms. The first-order chi connectivity index (χ1) is 11.3. The van der Waals surface area contributed by atoms with Crippen LogP contribution >= 0.6 is 11.3 Å². The van der Waals surface area contributed by atoms with Gasteiger partial charge in [0, 0.05) is 24.5 Å². The van der Waals surface area contributed by atoms with Crippen molar-refractivity contribution >= 4 is 17.2 Å². The Bertz CT molecular complexity index is 681. The van der Waals surface area contributed by atoms with Gasteiger partial charge in [-0.1, -0.05) is 30.3 Å². The summed E-state index contributed by atoms with van der Waals surface area (Å²) < 4.78 is 5.07. The topological polar surface area (TPSA) is 44.9 Å². The molecule has 4 nitrogen and oxygen atoms in total. The highest BCUT2D eigenvalue weighted by atomic mass is 32.1. The Labute approximate surface area is 140 Å². The smallest absolute Gasteiger partial charge is 0.251 e. The number of hydrogen-bond donors (Lipinski definition) is 1. The summed E-state index contributed by atoms with van der Waals surface area (Å²) in [6.07, 6.45) is 0.868. The van der Waals surface area contributed by atoms with Crippen LogP contribution in [0.4, 0.5) is 0 Å². The van der Waals surface area contributed by atoms with Crippen LogP contribution in [-0.4, -0.2) is 36.6 Å². The van der Waals surface area contributed by atoms with Gasteiger partial charge in [-0.25, -0.2) is 0 Å². The van der Waals surface area contributed by atoms with Gasteiger partial charge in [-0.05, 0) is 29.0 Å². The van der Waals surface area contributed by atoms with E-state index in [1.165, 1.54) is 16.0 Å². The van der Waals surface area contributed by atoms with Gasteiger partial charge in [-0.15, -0.1) is 11.3 Å². The molecule has 3 heterocycles. The molecule has 2 aliphatic rings. The molecule has 0 aliphatic carbocycles. The molecule has 2 aromatic rings. The molecule has 2 unspecified atom stereocenters. The molecule has 1 aromatic carbocycles. The highest BCUT2D eigenvalue weighted by Crippen LogP contribution is 2.30. The fraction of sp³-hybridized carbons (Fsp3) is 0.389. The SMILES string of the molecule is O=C(NCC(c1ccccc1)N1CCc2sccc2C1)C1CO1. The van der Waals surface area contributed by atoms with Crippen LogP contribution in [0.25, 0.3) is 0 Å². The van der Waals surface area contributed by atoms with Gasteiger partial charge in [-0.3, -0.25) is 9.69 Å². The van der Waals surface area contributed by atoms with Crippen LogP contribution in [-0.2, 0) is 22.5 Å². The van der Waals surface area contributed by atoms with E-state index in [1.54, 1.807) is 0 Å². The average molecular weight is 328 g/mol. The zero-order valence-corrected chi connectivity index (χ0v) is 13.7. The van der Waals surface area contributed by atoms with Crippen LogP contribution in [0.2, 0.25) is 0 Å². The second-order valence-corrected chi connectivity index (χ2v) is 7.08. The number of carbonyl (C=O) groups is 1. The van der Waals surface area contributed by atoms with Crippen molar-refractivity contribution in [3.8, 4) is 0 Å². The quantitative estimate of drug-likeness (QED) is 0.857. The molecular formula is C18H20N2O2S. The van der Waals surface area contributed by atoms with Gasteiger partial charge < -0.3 is 10.1 Å². The van der Waals surface area contributed by atoms with Gasteiger partial charge in [0.2, 0.25) is 0 Å². The summed E-state index contributed by atoms with van der Waals surface area (Å²) in [7, 11) is 0. The van der Waals surface area contributed by atoms with Crippen molar-refractivity contribution in [1.29, 1.82) is 0 Å². The fourth-order valence-corrected chi connectivity index (χ4v) is 4.07. The Morgan fingerprint density at radius 1 is 1.35 bits per heavy atom. The predicted molar refractivity (Wildman–Crippen MR) is 90.4 cm³/mol. The third-order valence-corrected chi connectivity index (χ3v) is 5.58. The van der Waals surface area contributed by atoms with E-state index in [0.29, 0.717) is 13.2 Å². The molecule has 2 aliphatic heterocycles. The Kier molecular flexibility index (Phi) is 4.16. The number of nitrogens with zero attached hydrogens (tertiary/aromatic N) is 1. The highest BCUT2D eigenvalue weighted by molar-refractivity contribution is 7.10. The van der Waals surface area contributed by atoms with E-state index < -0.39 is 0 Å². The number of nitrogens with one attached hydrogen (secondary N) is 1. The lowest BCUT2D eigenvalue weighted by molar-refractivity contribution is -0.122. The summed E-state index contributed by atoms with van der Waals surface area (Å²) in [5.41, 5.74) is 2.68. The van der Waals surface area contributed by atoms with E-state index >= 15 is 0 Å². The van der Waals surface area contributed by atoms with Gasteiger partial charge >= 0.3 is 0 Å². The van der Waals surface area contributed by atoms with Crippen LogP contribution < -0.4 is 5.32 Å². The number of epoxide rings is 1. The lowest BCUT2D eigenvalue weighted by Gasteiger charge is -2.35. The number of carbonyl (C=O) groups excluding carboxylic acids is 1. The van der Waals surface area contributed by atoms with Crippen LogP contribution in [0.3, 0.4) is 0 Å². The molecule has 23 heavy (non-hydrogen) atoms. The number of thiophene rings is 1. The fourth-order valence-electron chi connectivity index (χ4n) is 3.18. The van der Waals surface area contributed by atoms with Crippen molar-refractivity contribution in [2.75, 3.05) is 19.7 Å². The van der Waals surface area contributed by atoms with Crippen molar-refractivity contribution in [1.82, 2.24) is 10.2 Å². The molecule has 0 spiro atoms. The van der Waals surface area contributed by atoms with Crippen molar-refractivity contribution < 1.29 is 9.53 Å². The molecule has 4 rings (SSSR count). The number of amides is 1. The molecule has 0 radical (unpaired) electrons. The largest absolute Gasteiger partial charge is 0.363 e. The monoisotopic (exact) mass is 328 g/mol. The maximum absolute atomic E-state index is 11.9. The lowest BCUT2D eigenvalue weighted by atomic mass is 10.0. The average Bonchev–Trinajstić information content (AvgIpc) is 3.34. The minimum Gasteiger partial charge on any atom is -0.363 e. The minimum atomic E-state index is -0.226. The van der Waals surface area contributed by atoms with Crippen molar-refractivity contribution in [3.63, 3.8) is 0 Å². The Hall–Kier alpha value is -1.69. The third-order valence-electron chi connectivity index (χ3n) is 4.56. The van der Waals surface area contributed by atoms with Gasteiger partial charge in [0.05, 0.1) is 12.6 Å².